The normalized spacial score (nSPS) is 20.5. The molecular weight excluding hydrogens is 845 g/mol. The second-order valence-electron chi connectivity index (χ2n) is 18.4. The summed E-state index contributed by atoms with van der Waals surface area (Å²) in [5, 5.41) is 27.0. The Bertz CT molecular complexity index is 2050. The van der Waals surface area contributed by atoms with Crippen molar-refractivity contribution >= 4 is 24.1 Å². The van der Waals surface area contributed by atoms with Crippen molar-refractivity contribution in [3.63, 3.8) is 0 Å². The predicted molar refractivity (Wildman–Crippen MR) is 248 cm³/mol. The van der Waals surface area contributed by atoms with Gasteiger partial charge in [-0.25, -0.2) is 0 Å². The number of ether oxygens (including phenoxy) is 4. The van der Waals surface area contributed by atoms with Gasteiger partial charge in [0.15, 0.2) is 0 Å². The van der Waals surface area contributed by atoms with E-state index >= 15 is 0 Å². The number of rotatable bonds is 24. The van der Waals surface area contributed by atoms with Crippen LogP contribution in [0.4, 0.5) is 0 Å². The van der Waals surface area contributed by atoms with Crippen LogP contribution in [0.25, 0.3) is 0 Å². The van der Waals surface area contributed by atoms with Crippen molar-refractivity contribution in [3.8, 4) is 17.2 Å². The van der Waals surface area contributed by atoms with E-state index in [2.05, 4.69) is 38.6 Å². The zero-order chi connectivity index (χ0) is 46.4. The van der Waals surface area contributed by atoms with E-state index in [-0.39, 0.29) is 64.8 Å². The topological polar surface area (TPSA) is 183 Å². The zero-order valence-electron chi connectivity index (χ0n) is 38.8. The van der Waals surface area contributed by atoms with E-state index in [0.29, 0.717) is 96.7 Å². The van der Waals surface area contributed by atoms with Gasteiger partial charge in [-0.1, -0.05) is 49.6 Å². The van der Waals surface area contributed by atoms with Crippen LogP contribution in [0, 0.1) is 24.7 Å². The quantitative estimate of drug-likeness (QED) is 0.0868. The molecule has 16 heteroatoms. The third-order valence-electron chi connectivity index (χ3n) is 13.8. The minimum absolute atomic E-state index is 0.0333. The van der Waals surface area contributed by atoms with Crippen LogP contribution in [0.1, 0.15) is 84.5 Å². The molecule has 3 heterocycles. The molecule has 360 valence electrons. The number of carbonyl (C=O) groups excluding carboxylic acids is 4. The molecule has 2 aliphatic carbocycles. The summed E-state index contributed by atoms with van der Waals surface area (Å²) in [5.41, 5.74) is 5.06. The van der Waals surface area contributed by atoms with Gasteiger partial charge in [-0.05, 0) is 61.8 Å². The number of hydrogen-bond acceptors (Lipinski definition) is 13. The fourth-order valence-electron chi connectivity index (χ4n) is 9.86. The lowest BCUT2D eigenvalue weighted by atomic mass is 9.88. The van der Waals surface area contributed by atoms with Crippen LogP contribution in [0.3, 0.4) is 0 Å². The lowest BCUT2D eigenvalue weighted by Gasteiger charge is -2.34. The number of nitrogens with zero attached hydrogens (tertiary/aromatic N) is 4. The number of fused-ring (bicyclic) bond motifs is 2. The number of amides is 4. The predicted octanol–water partition coefficient (Wildman–Crippen LogP) is 4.25. The lowest BCUT2D eigenvalue weighted by molar-refractivity contribution is -0.132. The number of hydrogen-bond donors (Lipinski definition) is 4. The van der Waals surface area contributed by atoms with Crippen LogP contribution in [-0.2, 0) is 48.2 Å². The first-order chi connectivity index (χ1) is 32.1. The molecule has 3 unspecified atom stereocenters. The Kier molecular flexibility index (Phi) is 17.9. The van der Waals surface area contributed by atoms with Crippen molar-refractivity contribution in [1.82, 2.24) is 30.2 Å². The molecule has 0 radical (unpaired) electrons. The Morgan fingerprint density at radius 1 is 0.894 bits per heavy atom. The molecule has 2 aromatic carbocycles. The van der Waals surface area contributed by atoms with E-state index in [4.69, 9.17) is 18.9 Å². The van der Waals surface area contributed by atoms with Crippen LogP contribution in [0.5, 0.6) is 17.2 Å². The molecule has 2 saturated heterocycles. The first-order valence-corrected chi connectivity index (χ1v) is 24.0. The average Bonchev–Trinajstić information content (AvgIpc) is 3.91. The summed E-state index contributed by atoms with van der Waals surface area (Å²) in [5.74, 6) is -0.390. The molecule has 0 spiro atoms. The van der Waals surface area contributed by atoms with Crippen LogP contribution in [-0.4, -0.2) is 152 Å². The van der Waals surface area contributed by atoms with Gasteiger partial charge in [-0.15, -0.1) is 0 Å². The van der Waals surface area contributed by atoms with Crippen molar-refractivity contribution in [2.45, 2.75) is 84.5 Å². The Morgan fingerprint density at radius 3 is 2.36 bits per heavy atom. The van der Waals surface area contributed by atoms with Crippen molar-refractivity contribution in [3.05, 3.63) is 76.0 Å². The smallest absolute Gasteiger partial charge is 0.262 e. The molecule has 16 nitrogen and oxygen atoms in total. The number of benzene rings is 2. The van der Waals surface area contributed by atoms with Gasteiger partial charge in [0.1, 0.15) is 22.8 Å². The second-order valence-corrected chi connectivity index (χ2v) is 18.4. The number of carbonyl (C=O) groups is 4. The molecule has 66 heavy (non-hydrogen) atoms. The van der Waals surface area contributed by atoms with Gasteiger partial charge in [-0.3, -0.25) is 34.3 Å². The van der Waals surface area contributed by atoms with Crippen LogP contribution < -0.4 is 15.4 Å². The van der Waals surface area contributed by atoms with Crippen LogP contribution in [0.15, 0.2) is 48.2 Å². The van der Waals surface area contributed by atoms with Gasteiger partial charge < -0.3 is 44.3 Å². The van der Waals surface area contributed by atoms with Gasteiger partial charge in [0.2, 0.25) is 18.2 Å². The van der Waals surface area contributed by atoms with Crippen LogP contribution in [0.2, 0.25) is 0 Å². The highest BCUT2D eigenvalue weighted by atomic mass is 16.5. The van der Waals surface area contributed by atoms with E-state index in [0.717, 1.165) is 68.9 Å². The zero-order valence-corrected chi connectivity index (χ0v) is 38.8. The van der Waals surface area contributed by atoms with Gasteiger partial charge in [0.05, 0.1) is 52.2 Å². The van der Waals surface area contributed by atoms with E-state index in [9.17, 15) is 29.4 Å². The van der Waals surface area contributed by atoms with Crippen LogP contribution >= 0.6 is 0 Å². The van der Waals surface area contributed by atoms with E-state index in [1.54, 1.807) is 11.8 Å². The Labute approximate surface area is 389 Å². The Morgan fingerprint density at radius 2 is 1.61 bits per heavy atom. The molecule has 3 aliphatic heterocycles. The Balaban J connectivity index is 0.722. The fraction of sp³-hybridized carbons (Fsp3) is 0.600. The Hall–Kier alpha value is -5.00. The summed E-state index contributed by atoms with van der Waals surface area (Å²) in [7, 11) is 0. The molecule has 7 rings (SSSR count). The third kappa shape index (κ3) is 12.9. The number of phenols is 2. The van der Waals surface area contributed by atoms with Crippen molar-refractivity contribution in [1.29, 1.82) is 0 Å². The lowest BCUT2D eigenvalue weighted by Crippen LogP contribution is -2.46. The maximum absolute atomic E-state index is 14.0. The number of likely N-dealkylation sites (tertiary alicyclic amines) is 1. The highest BCUT2D eigenvalue weighted by Crippen LogP contribution is 2.41. The van der Waals surface area contributed by atoms with E-state index in [1.165, 1.54) is 30.9 Å². The molecule has 4 N–H and O–H groups in total. The third-order valence-corrected chi connectivity index (χ3v) is 13.8. The maximum atomic E-state index is 14.0. The average molecular weight is 915 g/mol. The SMILES string of the molecule is Cc1c(O)cc(O)c(C(=O)N2Cc3ccc(CN4CCN(CCOCCOCCOCCNC5=CC=CC6C(=O)N(C(C)CCC(=O)NC=O)CC56)CC4)cc3C2)c1OCC1CCCCC1. The summed E-state index contributed by atoms with van der Waals surface area (Å²) in [6.07, 6.45) is 12.7. The minimum atomic E-state index is -0.339. The monoisotopic (exact) mass is 915 g/mol. The van der Waals surface area contributed by atoms with Crippen molar-refractivity contribution in [2.75, 3.05) is 92.1 Å². The molecular formula is C50H70N6O10. The molecule has 4 amide bonds. The first kappa shape index (κ1) is 48.9. The molecule has 3 atom stereocenters. The fourth-order valence-corrected chi connectivity index (χ4v) is 9.86. The second kappa shape index (κ2) is 24.1. The largest absolute Gasteiger partial charge is 0.507 e. The number of allylic oxidation sites excluding steroid dienone is 2. The summed E-state index contributed by atoms with van der Waals surface area (Å²) in [6.45, 7) is 15.0. The number of aromatic hydroxyl groups is 2. The van der Waals surface area contributed by atoms with E-state index in [1.807, 2.05) is 30.1 Å². The molecule has 0 bridgehead atoms. The number of phenolic OH excluding ortho intramolecular Hbond substituents is 2. The van der Waals surface area contributed by atoms with Gasteiger partial charge in [0, 0.05) is 101 Å². The molecule has 3 fully saturated rings. The number of piperazine rings is 1. The van der Waals surface area contributed by atoms with Gasteiger partial charge >= 0.3 is 0 Å². The van der Waals surface area contributed by atoms with Crippen molar-refractivity contribution < 1.29 is 48.3 Å². The molecule has 2 aromatic rings. The highest BCUT2D eigenvalue weighted by molar-refractivity contribution is 6.00. The summed E-state index contributed by atoms with van der Waals surface area (Å²) in [6, 6.07) is 7.63. The molecule has 5 aliphatic rings. The van der Waals surface area contributed by atoms with Crippen molar-refractivity contribution in [2.24, 2.45) is 17.8 Å². The number of nitrogens with one attached hydrogen (secondary N) is 2. The maximum Gasteiger partial charge on any atom is 0.262 e. The highest BCUT2D eigenvalue weighted by Gasteiger charge is 2.43. The summed E-state index contributed by atoms with van der Waals surface area (Å²) < 4.78 is 23.6. The summed E-state index contributed by atoms with van der Waals surface area (Å²) in [4.78, 5) is 57.8. The van der Waals surface area contributed by atoms with E-state index < -0.39 is 0 Å². The van der Waals surface area contributed by atoms with Gasteiger partial charge in [0.25, 0.3) is 5.91 Å². The summed E-state index contributed by atoms with van der Waals surface area (Å²) >= 11 is 0. The van der Waals surface area contributed by atoms with Gasteiger partial charge in [-0.2, -0.15) is 0 Å². The standard InChI is InChI=1S/C50H70N6O10/c1-35(11-14-46(60)52-34-57)56-32-42-41(49(56)61)9-6-10-43(42)51-15-21-63-23-25-65-26-24-64-22-20-53-16-18-54(19-17-53)29-38-12-13-39-30-55(31-40(39)27-38)50(62)47-45(59)28-44(58)36(2)48(47)66-33-37-7-4-3-5-8-37/h6,9-10,12-13,27-28,34-35,37,41-42,51,58-59H,3-5,7-8,11,14-26,29-33H2,1-2H3,(H,52,57,60). The number of imide groups is 1. The molecule has 0 aromatic heterocycles. The minimum Gasteiger partial charge on any atom is -0.507 e. The molecule has 1 saturated carbocycles. The first-order valence-electron chi connectivity index (χ1n) is 24.0.